The van der Waals surface area contributed by atoms with Crippen molar-refractivity contribution < 1.29 is 14.3 Å². The molecule has 1 aromatic carbocycles. The smallest absolute Gasteiger partial charge is 0.257 e. The Labute approximate surface area is 128 Å². The van der Waals surface area contributed by atoms with Gasteiger partial charge in [-0.25, -0.2) is 0 Å². The van der Waals surface area contributed by atoms with Gasteiger partial charge in [-0.3, -0.25) is 9.59 Å². The first-order valence-corrected chi connectivity index (χ1v) is 6.99. The minimum absolute atomic E-state index is 0.0233. The van der Waals surface area contributed by atoms with Crippen LogP contribution in [-0.2, 0) is 4.79 Å². The van der Waals surface area contributed by atoms with E-state index in [2.05, 4.69) is 0 Å². The summed E-state index contributed by atoms with van der Waals surface area (Å²) < 4.78 is 5.20. The summed E-state index contributed by atoms with van der Waals surface area (Å²) in [7, 11) is 1.48. The molecule has 1 saturated heterocycles. The van der Waals surface area contributed by atoms with Gasteiger partial charge in [-0.2, -0.15) is 0 Å². The number of hydrogen-bond acceptors (Lipinski definition) is 4. The van der Waals surface area contributed by atoms with E-state index in [0.29, 0.717) is 48.2 Å². The number of piperazine rings is 1. The molecule has 1 heterocycles. The van der Waals surface area contributed by atoms with Crippen molar-refractivity contribution in [1.29, 1.82) is 0 Å². The molecule has 7 heteroatoms. The van der Waals surface area contributed by atoms with Crippen molar-refractivity contribution in [2.45, 2.75) is 6.92 Å². The Morgan fingerprint density at radius 1 is 1.19 bits per heavy atom. The Morgan fingerprint density at radius 3 is 2.29 bits per heavy atom. The molecule has 2 rings (SSSR count). The van der Waals surface area contributed by atoms with Gasteiger partial charge in [-0.05, 0) is 6.07 Å². The highest BCUT2D eigenvalue weighted by molar-refractivity contribution is 6.33. The van der Waals surface area contributed by atoms with Crippen molar-refractivity contribution in [3.8, 4) is 5.75 Å². The van der Waals surface area contributed by atoms with Crippen LogP contribution in [0.25, 0.3) is 0 Å². The van der Waals surface area contributed by atoms with E-state index < -0.39 is 0 Å². The van der Waals surface area contributed by atoms with E-state index in [1.165, 1.54) is 20.1 Å². The van der Waals surface area contributed by atoms with E-state index in [9.17, 15) is 9.59 Å². The second kappa shape index (κ2) is 6.22. The molecule has 0 aliphatic carbocycles. The third-order valence-corrected chi connectivity index (χ3v) is 3.89. The molecule has 0 spiro atoms. The zero-order valence-electron chi connectivity index (χ0n) is 12.1. The van der Waals surface area contributed by atoms with E-state index in [1.54, 1.807) is 15.9 Å². The van der Waals surface area contributed by atoms with Gasteiger partial charge < -0.3 is 20.3 Å². The number of carbonyl (C=O) groups excluding carboxylic acids is 2. The molecular formula is C14H18ClN3O3. The molecule has 6 nitrogen and oxygen atoms in total. The van der Waals surface area contributed by atoms with Crippen LogP contribution in [0.1, 0.15) is 17.3 Å². The molecule has 0 unspecified atom stereocenters. The van der Waals surface area contributed by atoms with E-state index in [0.717, 1.165) is 0 Å². The maximum atomic E-state index is 12.6. The summed E-state index contributed by atoms with van der Waals surface area (Å²) in [5.74, 6) is 0.253. The van der Waals surface area contributed by atoms with Crippen molar-refractivity contribution in [3.63, 3.8) is 0 Å². The van der Waals surface area contributed by atoms with Crippen LogP contribution >= 0.6 is 11.6 Å². The molecule has 2 amide bonds. The van der Waals surface area contributed by atoms with Crippen LogP contribution < -0.4 is 10.5 Å². The summed E-state index contributed by atoms with van der Waals surface area (Å²) in [5.41, 5.74) is 6.46. The predicted octanol–water partition coefficient (Wildman–Crippen LogP) is 1.24. The number of benzene rings is 1. The van der Waals surface area contributed by atoms with Gasteiger partial charge in [-0.1, -0.05) is 11.6 Å². The lowest BCUT2D eigenvalue weighted by Gasteiger charge is -2.34. The predicted molar refractivity (Wildman–Crippen MR) is 80.6 cm³/mol. The second-order valence-electron chi connectivity index (χ2n) is 4.87. The Hall–Kier alpha value is -1.95. The van der Waals surface area contributed by atoms with Crippen LogP contribution in [0.5, 0.6) is 5.75 Å². The molecule has 0 atom stereocenters. The quantitative estimate of drug-likeness (QED) is 0.834. The van der Waals surface area contributed by atoms with Crippen LogP contribution in [0.2, 0.25) is 5.02 Å². The lowest BCUT2D eigenvalue weighted by Crippen LogP contribution is -2.50. The Bertz CT molecular complexity index is 569. The van der Waals surface area contributed by atoms with Gasteiger partial charge in [0, 0.05) is 39.2 Å². The number of nitrogens with zero attached hydrogens (tertiary/aromatic N) is 2. The minimum atomic E-state index is -0.169. The molecule has 2 N–H and O–H groups in total. The lowest BCUT2D eigenvalue weighted by atomic mass is 10.1. The Morgan fingerprint density at radius 2 is 1.76 bits per heavy atom. The molecule has 1 aliphatic rings. The SMILES string of the molecule is COc1cc(N)c(Cl)cc1C(=O)N1CCN(C(C)=O)CC1. The molecule has 114 valence electrons. The third-order valence-electron chi connectivity index (χ3n) is 3.56. The average molecular weight is 312 g/mol. The van der Waals surface area contributed by atoms with Crippen LogP contribution in [0.15, 0.2) is 12.1 Å². The topological polar surface area (TPSA) is 75.9 Å². The molecule has 0 saturated carbocycles. The van der Waals surface area contributed by atoms with E-state index >= 15 is 0 Å². The zero-order chi connectivity index (χ0) is 15.6. The number of anilines is 1. The van der Waals surface area contributed by atoms with Gasteiger partial charge in [0.25, 0.3) is 5.91 Å². The summed E-state index contributed by atoms with van der Waals surface area (Å²) in [6.45, 7) is 3.57. The molecular weight excluding hydrogens is 294 g/mol. The number of nitrogens with two attached hydrogens (primary N) is 1. The Kier molecular flexibility index (Phi) is 4.57. The molecule has 21 heavy (non-hydrogen) atoms. The highest BCUT2D eigenvalue weighted by Gasteiger charge is 2.25. The summed E-state index contributed by atoms with van der Waals surface area (Å²) in [6.07, 6.45) is 0. The summed E-state index contributed by atoms with van der Waals surface area (Å²) in [5, 5.41) is 0.321. The fourth-order valence-electron chi connectivity index (χ4n) is 2.30. The average Bonchev–Trinajstić information content (AvgIpc) is 2.49. The lowest BCUT2D eigenvalue weighted by molar-refractivity contribution is -0.130. The number of hydrogen-bond donors (Lipinski definition) is 1. The standard InChI is InChI=1S/C14H18ClN3O3/c1-9(19)17-3-5-18(6-4-17)14(20)10-7-11(15)12(16)8-13(10)21-2/h7-8H,3-6,16H2,1-2H3. The van der Waals surface area contributed by atoms with Gasteiger partial charge in [0.1, 0.15) is 5.75 Å². The van der Waals surface area contributed by atoms with Gasteiger partial charge in [0.05, 0.1) is 23.4 Å². The van der Waals surface area contributed by atoms with Crippen LogP contribution in [0.4, 0.5) is 5.69 Å². The van der Waals surface area contributed by atoms with Gasteiger partial charge >= 0.3 is 0 Å². The van der Waals surface area contributed by atoms with Gasteiger partial charge in [0.15, 0.2) is 0 Å². The fraction of sp³-hybridized carbons (Fsp3) is 0.429. The summed E-state index contributed by atoms with van der Waals surface area (Å²) in [4.78, 5) is 27.3. The van der Waals surface area contributed by atoms with Crippen LogP contribution in [0.3, 0.4) is 0 Å². The number of nitrogen functional groups attached to an aromatic ring is 1. The first-order chi connectivity index (χ1) is 9.93. The molecule has 1 fully saturated rings. The maximum Gasteiger partial charge on any atom is 0.257 e. The second-order valence-corrected chi connectivity index (χ2v) is 5.28. The Balaban J connectivity index is 2.18. The van der Waals surface area contributed by atoms with Crippen molar-refractivity contribution in [1.82, 2.24) is 9.80 Å². The van der Waals surface area contributed by atoms with Crippen LogP contribution in [-0.4, -0.2) is 54.9 Å². The molecule has 0 aromatic heterocycles. The summed E-state index contributed by atoms with van der Waals surface area (Å²) >= 11 is 5.99. The largest absolute Gasteiger partial charge is 0.496 e. The fourth-order valence-corrected chi connectivity index (χ4v) is 2.46. The summed E-state index contributed by atoms with van der Waals surface area (Å²) in [6, 6.07) is 3.07. The maximum absolute atomic E-state index is 12.6. The van der Waals surface area contributed by atoms with E-state index in [4.69, 9.17) is 22.1 Å². The van der Waals surface area contributed by atoms with Crippen molar-refractivity contribution in [3.05, 3.63) is 22.7 Å². The monoisotopic (exact) mass is 311 g/mol. The molecule has 0 bridgehead atoms. The number of rotatable bonds is 2. The first kappa shape index (κ1) is 15.4. The number of methoxy groups -OCH3 is 1. The normalized spacial score (nSPS) is 15.0. The number of amides is 2. The van der Waals surface area contributed by atoms with Crippen molar-refractivity contribution in [2.24, 2.45) is 0 Å². The highest BCUT2D eigenvalue weighted by Crippen LogP contribution is 2.29. The molecule has 1 aliphatic heterocycles. The minimum Gasteiger partial charge on any atom is -0.496 e. The van der Waals surface area contributed by atoms with E-state index in [-0.39, 0.29) is 11.8 Å². The number of halogens is 1. The first-order valence-electron chi connectivity index (χ1n) is 6.62. The number of carbonyl (C=O) groups is 2. The zero-order valence-corrected chi connectivity index (χ0v) is 12.8. The van der Waals surface area contributed by atoms with Gasteiger partial charge in [0.2, 0.25) is 5.91 Å². The number of ether oxygens (including phenoxy) is 1. The molecule has 1 aromatic rings. The van der Waals surface area contributed by atoms with Crippen LogP contribution in [0, 0.1) is 0 Å². The highest BCUT2D eigenvalue weighted by atomic mass is 35.5. The van der Waals surface area contributed by atoms with Crippen molar-refractivity contribution in [2.75, 3.05) is 39.0 Å². The van der Waals surface area contributed by atoms with E-state index in [1.807, 2.05) is 0 Å². The molecule has 0 radical (unpaired) electrons. The van der Waals surface area contributed by atoms with Crippen molar-refractivity contribution >= 4 is 29.1 Å². The third kappa shape index (κ3) is 3.21. The van der Waals surface area contributed by atoms with Gasteiger partial charge in [-0.15, -0.1) is 0 Å².